The van der Waals surface area contributed by atoms with Crippen LogP contribution in [-0.2, 0) is 16.1 Å². The van der Waals surface area contributed by atoms with Crippen molar-refractivity contribution in [2.45, 2.75) is 6.54 Å². The second-order valence-corrected chi connectivity index (χ2v) is 2.67. The van der Waals surface area contributed by atoms with Crippen molar-refractivity contribution in [3.05, 3.63) is 18.9 Å². The monoisotopic (exact) mass is 226 g/mol. The minimum atomic E-state index is -1.07. The number of anilines is 1. The maximum absolute atomic E-state index is 11.0. The van der Waals surface area contributed by atoms with Gasteiger partial charge in [-0.15, -0.1) is 5.10 Å². The summed E-state index contributed by atoms with van der Waals surface area (Å²) >= 11 is 0. The quantitative estimate of drug-likeness (QED) is 0.689. The fraction of sp³-hybridized carbons (Fsp3) is 0.250. The number of hydrogen-bond acceptors (Lipinski definition) is 5. The Hall–Kier alpha value is -2.38. The zero-order valence-corrected chi connectivity index (χ0v) is 8.29. The Morgan fingerprint density at radius 1 is 1.69 bits per heavy atom. The molecule has 1 heterocycles. The molecule has 0 saturated heterocycles. The molecule has 8 heteroatoms. The van der Waals surface area contributed by atoms with E-state index in [0.717, 1.165) is 4.80 Å². The summed E-state index contributed by atoms with van der Waals surface area (Å²) in [6.45, 7) is 3.08. The number of carboxylic acid groups (broad SMARTS) is 1. The predicted molar refractivity (Wildman–Crippen MR) is 52.8 cm³/mol. The van der Waals surface area contributed by atoms with Crippen molar-refractivity contribution < 1.29 is 19.4 Å². The molecule has 0 aromatic carbocycles. The van der Waals surface area contributed by atoms with Crippen molar-refractivity contribution in [1.82, 2.24) is 15.0 Å². The first-order valence-electron chi connectivity index (χ1n) is 4.28. The molecule has 16 heavy (non-hydrogen) atoms. The number of amides is 1. The van der Waals surface area contributed by atoms with Crippen molar-refractivity contribution in [3.8, 4) is 0 Å². The molecule has 0 radical (unpaired) electrons. The van der Waals surface area contributed by atoms with E-state index in [2.05, 4.69) is 26.8 Å². The molecule has 0 fully saturated rings. The topological polar surface area (TPSA) is 106 Å². The average molecular weight is 226 g/mol. The summed E-state index contributed by atoms with van der Waals surface area (Å²) in [5.41, 5.74) is 0. The normalized spacial score (nSPS) is 9.50. The molecule has 0 saturated carbocycles. The van der Waals surface area contributed by atoms with Crippen LogP contribution in [0.1, 0.15) is 0 Å². The number of carboxylic acids is 1. The van der Waals surface area contributed by atoms with E-state index in [1.54, 1.807) is 0 Å². The van der Waals surface area contributed by atoms with Gasteiger partial charge in [-0.1, -0.05) is 12.7 Å². The predicted octanol–water partition coefficient (Wildman–Crippen LogP) is 0.0972. The molecule has 0 aliphatic heterocycles. The lowest BCUT2D eigenvalue weighted by molar-refractivity contribution is -0.138. The van der Waals surface area contributed by atoms with Gasteiger partial charge in [0, 0.05) is 0 Å². The van der Waals surface area contributed by atoms with Crippen LogP contribution in [0.15, 0.2) is 18.9 Å². The maximum Gasteiger partial charge on any atom is 0.413 e. The number of nitrogens with one attached hydrogen (secondary N) is 1. The molecule has 86 valence electrons. The van der Waals surface area contributed by atoms with Crippen molar-refractivity contribution in [1.29, 1.82) is 0 Å². The van der Waals surface area contributed by atoms with Crippen LogP contribution in [0.5, 0.6) is 0 Å². The SMILES string of the molecule is C=CCOC(=O)Nc1cnn(CC(=O)O)n1. The van der Waals surface area contributed by atoms with Crippen LogP contribution in [0.25, 0.3) is 0 Å². The molecule has 8 nitrogen and oxygen atoms in total. The lowest BCUT2D eigenvalue weighted by atomic mass is 10.7. The first-order chi connectivity index (χ1) is 7.61. The molecule has 0 atom stereocenters. The Kier molecular flexibility index (Phi) is 4.01. The summed E-state index contributed by atoms with van der Waals surface area (Å²) < 4.78 is 4.62. The third-order valence-corrected chi connectivity index (χ3v) is 1.38. The Labute approximate surface area is 90.5 Å². The molecular weight excluding hydrogens is 216 g/mol. The molecule has 0 bridgehead atoms. The van der Waals surface area contributed by atoms with Gasteiger partial charge in [-0.3, -0.25) is 10.1 Å². The molecule has 1 amide bonds. The molecule has 0 unspecified atom stereocenters. The van der Waals surface area contributed by atoms with Gasteiger partial charge in [0.15, 0.2) is 12.4 Å². The van der Waals surface area contributed by atoms with Gasteiger partial charge in [-0.25, -0.2) is 4.79 Å². The van der Waals surface area contributed by atoms with Gasteiger partial charge >= 0.3 is 12.1 Å². The van der Waals surface area contributed by atoms with Crippen LogP contribution < -0.4 is 5.32 Å². The Morgan fingerprint density at radius 2 is 2.44 bits per heavy atom. The van der Waals surface area contributed by atoms with Crippen LogP contribution in [0, 0.1) is 0 Å². The summed E-state index contributed by atoms with van der Waals surface area (Å²) in [6, 6.07) is 0. The van der Waals surface area contributed by atoms with Crippen LogP contribution in [-0.4, -0.2) is 38.8 Å². The van der Waals surface area contributed by atoms with Crippen molar-refractivity contribution >= 4 is 17.9 Å². The van der Waals surface area contributed by atoms with Crippen molar-refractivity contribution in [2.24, 2.45) is 0 Å². The number of ether oxygens (including phenoxy) is 1. The Bertz CT molecular complexity index is 400. The van der Waals surface area contributed by atoms with Gasteiger partial charge in [0.2, 0.25) is 0 Å². The lowest BCUT2D eigenvalue weighted by Crippen LogP contribution is -2.15. The second-order valence-electron chi connectivity index (χ2n) is 2.67. The zero-order chi connectivity index (χ0) is 12.0. The number of carbonyl (C=O) groups is 2. The van der Waals surface area contributed by atoms with Gasteiger partial charge in [0.1, 0.15) is 6.61 Å². The molecular formula is C8H10N4O4. The number of carbonyl (C=O) groups excluding carboxylic acids is 1. The highest BCUT2D eigenvalue weighted by Crippen LogP contribution is 1.99. The lowest BCUT2D eigenvalue weighted by Gasteiger charge is -2.00. The van der Waals surface area contributed by atoms with Crippen LogP contribution >= 0.6 is 0 Å². The van der Waals surface area contributed by atoms with E-state index >= 15 is 0 Å². The van der Waals surface area contributed by atoms with Crippen LogP contribution in [0.3, 0.4) is 0 Å². The van der Waals surface area contributed by atoms with E-state index in [0.29, 0.717) is 0 Å². The first kappa shape index (κ1) is 11.7. The third kappa shape index (κ3) is 3.78. The minimum Gasteiger partial charge on any atom is -0.480 e. The maximum atomic E-state index is 11.0. The largest absolute Gasteiger partial charge is 0.480 e. The summed E-state index contributed by atoms with van der Waals surface area (Å²) in [5.74, 6) is -0.952. The van der Waals surface area contributed by atoms with Crippen LogP contribution in [0.4, 0.5) is 10.6 Å². The summed E-state index contributed by atoms with van der Waals surface area (Å²) in [7, 11) is 0. The smallest absolute Gasteiger partial charge is 0.413 e. The Balaban J connectivity index is 2.48. The van der Waals surface area contributed by atoms with Crippen molar-refractivity contribution in [3.63, 3.8) is 0 Å². The van der Waals surface area contributed by atoms with Gasteiger partial charge in [0.25, 0.3) is 0 Å². The number of hydrogen-bond donors (Lipinski definition) is 2. The molecule has 1 aromatic heterocycles. The van der Waals surface area contributed by atoms with Gasteiger partial charge in [-0.2, -0.15) is 9.90 Å². The van der Waals surface area contributed by atoms with E-state index in [9.17, 15) is 9.59 Å². The number of aromatic nitrogens is 3. The number of rotatable bonds is 5. The second kappa shape index (κ2) is 5.49. The number of nitrogens with zero attached hydrogens (tertiary/aromatic N) is 3. The summed E-state index contributed by atoms with van der Waals surface area (Å²) in [5, 5.41) is 18.0. The van der Waals surface area contributed by atoms with E-state index in [-0.39, 0.29) is 19.0 Å². The zero-order valence-electron chi connectivity index (χ0n) is 8.29. The van der Waals surface area contributed by atoms with E-state index < -0.39 is 12.1 Å². The van der Waals surface area contributed by atoms with Gasteiger partial charge in [-0.05, 0) is 0 Å². The highest BCUT2D eigenvalue weighted by Gasteiger charge is 2.07. The fourth-order valence-corrected chi connectivity index (χ4v) is 0.827. The summed E-state index contributed by atoms with van der Waals surface area (Å²) in [6.07, 6.45) is 1.93. The molecule has 2 N–H and O–H groups in total. The highest BCUT2D eigenvalue weighted by atomic mass is 16.5. The fourth-order valence-electron chi connectivity index (χ4n) is 0.827. The van der Waals surface area contributed by atoms with Crippen LogP contribution in [0.2, 0.25) is 0 Å². The van der Waals surface area contributed by atoms with E-state index in [1.165, 1.54) is 12.3 Å². The highest BCUT2D eigenvalue weighted by molar-refractivity contribution is 5.83. The van der Waals surface area contributed by atoms with Gasteiger partial charge in [0.05, 0.1) is 6.20 Å². The molecule has 1 rings (SSSR count). The third-order valence-electron chi connectivity index (χ3n) is 1.38. The summed E-state index contributed by atoms with van der Waals surface area (Å²) in [4.78, 5) is 22.3. The first-order valence-corrected chi connectivity index (χ1v) is 4.28. The van der Waals surface area contributed by atoms with E-state index in [4.69, 9.17) is 5.11 Å². The standard InChI is InChI=1S/C8H10N4O4/c1-2-3-16-8(15)10-6-4-9-12(11-6)5-7(13)14/h2,4H,1,3,5H2,(H,13,14)(H,10,11,15). The molecule has 0 aliphatic carbocycles. The van der Waals surface area contributed by atoms with Gasteiger partial charge < -0.3 is 9.84 Å². The average Bonchev–Trinajstić information content (AvgIpc) is 2.61. The minimum absolute atomic E-state index is 0.0785. The molecule has 0 spiro atoms. The van der Waals surface area contributed by atoms with Crippen molar-refractivity contribution in [2.75, 3.05) is 11.9 Å². The molecule has 0 aliphatic rings. The Morgan fingerprint density at radius 3 is 3.06 bits per heavy atom. The number of aliphatic carboxylic acids is 1. The molecule has 1 aromatic rings. The van der Waals surface area contributed by atoms with E-state index in [1.807, 2.05) is 0 Å².